The third kappa shape index (κ3) is 4.98. The zero-order valence-electron chi connectivity index (χ0n) is 16.0. The molecule has 0 radical (unpaired) electrons. The Morgan fingerprint density at radius 3 is 2.65 bits per heavy atom. The van der Waals surface area contributed by atoms with Gasteiger partial charge in [0.2, 0.25) is 0 Å². The fourth-order valence-electron chi connectivity index (χ4n) is 3.57. The number of nitrogens with one attached hydrogen (secondary N) is 2. The van der Waals surface area contributed by atoms with Gasteiger partial charge in [-0.1, -0.05) is 31.2 Å². The van der Waals surface area contributed by atoms with E-state index in [1.807, 2.05) is 12.1 Å². The van der Waals surface area contributed by atoms with Crippen LogP contribution in [0.15, 0.2) is 48.5 Å². The molecule has 3 nitrogen and oxygen atoms in total. The maximum absolute atomic E-state index is 5.47. The summed E-state index contributed by atoms with van der Waals surface area (Å²) >= 11 is 5.47. The Kier molecular flexibility index (Phi) is 6.15. The normalized spacial score (nSPS) is 18.3. The van der Waals surface area contributed by atoms with Crippen molar-refractivity contribution in [3.8, 4) is 0 Å². The predicted octanol–water partition coefficient (Wildman–Crippen LogP) is 5.28. The van der Waals surface area contributed by atoms with Gasteiger partial charge in [-0.25, -0.2) is 0 Å². The quantitative estimate of drug-likeness (QED) is 0.719. The summed E-state index contributed by atoms with van der Waals surface area (Å²) < 4.78 is 0. The molecule has 3 rings (SSSR count). The van der Waals surface area contributed by atoms with Crippen molar-refractivity contribution >= 4 is 28.7 Å². The summed E-state index contributed by atoms with van der Waals surface area (Å²) in [6.07, 6.45) is 2.64. The second-order valence-corrected chi connectivity index (χ2v) is 7.88. The van der Waals surface area contributed by atoms with Crippen molar-refractivity contribution in [2.75, 3.05) is 23.3 Å². The Hall–Kier alpha value is -2.07. The minimum Gasteiger partial charge on any atom is -0.371 e. The molecule has 2 aromatic rings. The van der Waals surface area contributed by atoms with Gasteiger partial charge in [-0.2, -0.15) is 0 Å². The molecule has 1 heterocycles. The second kappa shape index (κ2) is 8.54. The first-order valence-corrected chi connectivity index (χ1v) is 9.91. The lowest BCUT2D eigenvalue weighted by Crippen LogP contribution is -2.34. The number of piperidine rings is 1. The van der Waals surface area contributed by atoms with Crippen LogP contribution in [0.5, 0.6) is 0 Å². The Labute approximate surface area is 162 Å². The van der Waals surface area contributed by atoms with Crippen LogP contribution in [0, 0.1) is 12.8 Å². The molecular weight excluding hydrogens is 338 g/mol. The standard InChI is InChI=1S/C22H29N3S/c1-16-6-4-8-20(14-16)24-22(26)23-18(3)19-9-11-21(12-10-19)25-13-5-7-17(2)15-25/h4,6,8-12,14,17-18H,5,7,13,15H2,1-3H3,(H2,23,24,26)/t17-,18+/m1/s1. The first-order chi connectivity index (χ1) is 12.5. The van der Waals surface area contributed by atoms with Gasteiger partial charge in [0, 0.05) is 24.5 Å². The largest absolute Gasteiger partial charge is 0.371 e. The zero-order chi connectivity index (χ0) is 18.5. The fourth-order valence-corrected chi connectivity index (χ4v) is 3.86. The number of hydrogen-bond acceptors (Lipinski definition) is 2. The number of thiocarbonyl (C=S) groups is 1. The minimum absolute atomic E-state index is 0.161. The topological polar surface area (TPSA) is 27.3 Å². The lowest BCUT2D eigenvalue weighted by atomic mass is 9.99. The van der Waals surface area contributed by atoms with Gasteiger partial charge >= 0.3 is 0 Å². The zero-order valence-corrected chi connectivity index (χ0v) is 16.8. The van der Waals surface area contributed by atoms with Gasteiger partial charge in [0.05, 0.1) is 6.04 Å². The van der Waals surface area contributed by atoms with Crippen LogP contribution in [0.2, 0.25) is 0 Å². The molecule has 4 heteroatoms. The highest BCUT2D eigenvalue weighted by molar-refractivity contribution is 7.80. The molecule has 0 aliphatic carbocycles. The van der Waals surface area contributed by atoms with Gasteiger partial charge in [0.15, 0.2) is 5.11 Å². The van der Waals surface area contributed by atoms with E-state index < -0.39 is 0 Å². The first kappa shape index (κ1) is 18.7. The molecule has 2 atom stereocenters. The smallest absolute Gasteiger partial charge is 0.171 e. The summed E-state index contributed by atoms with van der Waals surface area (Å²) in [4.78, 5) is 2.50. The molecule has 0 bridgehead atoms. The SMILES string of the molecule is Cc1cccc(NC(=S)N[C@@H](C)c2ccc(N3CCC[C@@H](C)C3)cc2)c1. The molecule has 138 valence electrons. The number of anilines is 2. The van der Waals surface area contributed by atoms with Crippen molar-refractivity contribution in [1.82, 2.24) is 5.32 Å². The molecule has 0 amide bonds. The van der Waals surface area contributed by atoms with Crippen molar-refractivity contribution in [3.63, 3.8) is 0 Å². The van der Waals surface area contributed by atoms with Gasteiger partial charge in [0.1, 0.15) is 0 Å². The van der Waals surface area contributed by atoms with E-state index in [0.29, 0.717) is 5.11 Å². The molecule has 26 heavy (non-hydrogen) atoms. The van der Waals surface area contributed by atoms with Crippen LogP contribution in [0.25, 0.3) is 0 Å². The fraction of sp³-hybridized carbons (Fsp3) is 0.409. The molecule has 0 spiro atoms. The van der Waals surface area contributed by atoms with E-state index in [0.717, 1.165) is 18.2 Å². The van der Waals surface area contributed by atoms with Crippen molar-refractivity contribution in [2.24, 2.45) is 5.92 Å². The third-order valence-corrected chi connectivity index (χ3v) is 5.26. The Balaban J connectivity index is 1.57. The summed E-state index contributed by atoms with van der Waals surface area (Å²) in [5.74, 6) is 0.786. The summed E-state index contributed by atoms with van der Waals surface area (Å²) in [5.41, 5.74) is 4.80. The van der Waals surface area contributed by atoms with Crippen molar-refractivity contribution in [1.29, 1.82) is 0 Å². The first-order valence-electron chi connectivity index (χ1n) is 9.50. The lowest BCUT2D eigenvalue weighted by Gasteiger charge is -2.33. The number of benzene rings is 2. The van der Waals surface area contributed by atoms with Crippen LogP contribution in [0.4, 0.5) is 11.4 Å². The van der Waals surface area contributed by atoms with Crippen molar-refractivity contribution < 1.29 is 0 Å². The monoisotopic (exact) mass is 367 g/mol. The van der Waals surface area contributed by atoms with E-state index in [4.69, 9.17) is 12.2 Å². The van der Waals surface area contributed by atoms with E-state index in [2.05, 4.69) is 72.7 Å². The molecule has 0 saturated carbocycles. The third-order valence-electron chi connectivity index (χ3n) is 5.04. The molecule has 2 N–H and O–H groups in total. The molecule has 1 aliphatic rings. The molecule has 1 saturated heterocycles. The average molecular weight is 368 g/mol. The number of hydrogen-bond donors (Lipinski definition) is 2. The van der Waals surface area contributed by atoms with Crippen molar-refractivity contribution in [2.45, 2.75) is 39.7 Å². The van der Waals surface area contributed by atoms with Gasteiger partial charge in [-0.3, -0.25) is 0 Å². The molecule has 1 aliphatic heterocycles. The maximum atomic E-state index is 5.47. The minimum atomic E-state index is 0.161. The van der Waals surface area contributed by atoms with Crippen LogP contribution >= 0.6 is 12.2 Å². The summed E-state index contributed by atoms with van der Waals surface area (Å²) in [5, 5.41) is 7.29. The lowest BCUT2D eigenvalue weighted by molar-refractivity contribution is 0.447. The Morgan fingerprint density at radius 1 is 1.19 bits per heavy atom. The highest BCUT2D eigenvalue weighted by atomic mass is 32.1. The summed E-state index contributed by atoms with van der Waals surface area (Å²) in [7, 11) is 0. The van der Waals surface area contributed by atoms with Crippen molar-refractivity contribution in [3.05, 3.63) is 59.7 Å². The Bertz CT molecular complexity index is 741. The van der Waals surface area contributed by atoms with E-state index in [1.165, 1.54) is 36.2 Å². The Morgan fingerprint density at radius 2 is 1.96 bits per heavy atom. The molecule has 2 aromatic carbocycles. The van der Waals surface area contributed by atoms with Gasteiger partial charge in [0.25, 0.3) is 0 Å². The highest BCUT2D eigenvalue weighted by Gasteiger charge is 2.17. The number of aryl methyl sites for hydroxylation is 1. The van der Waals surface area contributed by atoms with Gasteiger partial charge < -0.3 is 15.5 Å². The van der Waals surface area contributed by atoms with Crippen LogP contribution in [-0.2, 0) is 0 Å². The van der Waals surface area contributed by atoms with Crippen LogP contribution in [-0.4, -0.2) is 18.2 Å². The molecule has 0 unspecified atom stereocenters. The molecule has 0 aromatic heterocycles. The van der Waals surface area contributed by atoms with Crippen LogP contribution in [0.1, 0.15) is 43.9 Å². The number of nitrogens with zero attached hydrogens (tertiary/aromatic N) is 1. The van der Waals surface area contributed by atoms with E-state index in [1.54, 1.807) is 0 Å². The van der Waals surface area contributed by atoms with Gasteiger partial charge in [-0.15, -0.1) is 0 Å². The highest BCUT2D eigenvalue weighted by Crippen LogP contribution is 2.24. The average Bonchev–Trinajstić information content (AvgIpc) is 2.61. The van der Waals surface area contributed by atoms with E-state index in [-0.39, 0.29) is 6.04 Å². The second-order valence-electron chi connectivity index (χ2n) is 7.47. The van der Waals surface area contributed by atoms with E-state index in [9.17, 15) is 0 Å². The maximum Gasteiger partial charge on any atom is 0.171 e. The summed E-state index contributed by atoms with van der Waals surface area (Å²) in [6, 6.07) is 17.3. The molecule has 1 fully saturated rings. The number of rotatable bonds is 4. The molecular formula is C22H29N3S. The van der Waals surface area contributed by atoms with Gasteiger partial charge in [-0.05, 0) is 80.2 Å². The van der Waals surface area contributed by atoms with Crippen LogP contribution in [0.3, 0.4) is 0 Å². The predicted molar refractivity (Wildman–Crippen MR) is 116 cm³/mol. The van der Waals surface area contributed by atoms with E-state index >= 15 is 0 Å². The summed E-state index contributed by atoms with van der Waals surface area (Å²) in [6.45, 7) is 8.89. The van der Waals surface area contributed by atoms with Crippen LogP contribution < -0.4 is 15.5 Å².